The second-order valence-corrected chi connectivity index (χ2v) is 8.80. The van der Waals surface area contributed by atoms with Crippen LogP contribution >= 0.6 is 0 Å². The van der Waals surface area contributed by atoms with Crippen molar-refractivity contribution in [2.75, 3.05) is 11.5 Å². The largest absolute Gasteiger partial charge is 0.344 e. The summed E-state index contributed by atoms with van der Waals surface area (Å²) in [6, 6.07) is 5.00. The van der Waals surface area contributed by atoms with Gasteiger partial charge in [0.25, 0.3) is 5.91 Å². The van der Waals surface area contributed by atoms with Crippen LogP contribution in [0.2, 0.25) is 0 Å². The number of sulfone groups is 1. The van der Waals surface area contributed by atoms with Crippen molar-refractivity contribution in [2.45, 2.75) is 31.8 Å². The average molecular weight is 390 g/mol. The second kappa shape index (κ2) is 6.72. The van der Waals surface area contributed by atoms with E-state index < -0.39 is 21.8 Å². The molecule has 0 unspecified atom stereocenters. The molecule has 1 saturated heterocycles. The zero-order valence-corrected chi connectivity index (χ0v) is 15.2. The Balaban J connectivity index is 1.46. The highest BCUT2D eigenvalue weighted by Crippen LogP contribution is 2.22. The quantitative estimate of drug-likeness (QED) is 0.751. The number of hydrogen-bond acceptors (Lipinski definition) is 7. The predicted octanol–water partition coefficient (Wildman–Crippen LogP) is -0.489. The van der Waals surface area contributed by atoms with Gasteiger partial charge in [0.1, 0.15) is 5.71 Å². The minimum Gasteiger partial charge on any atom is -0.344 e. The molecule has 1 fully saturated rings. The van der Waals surface area contributed by atoms with E-state index in [1.807, 2.05) is 18.2 Å². The van der Waals surface area contributed by atoms with Gasteiger partial charge in [-0.25, -0.2) is 13.4 Å². The summed E-state index contributed by atoms with van der Waals surface area (Å²) in [7, 11) is -3.15. The Hall–Kier alpha value is -2.82. The Labute approximate surface area is 155 Å². The summed E-state index contributed by atoms with van der Waals surface area (Å²) in [5.74, 6) is -0.148. The number of amides is 2. The van der Waals surface area contributed by atoms with E-state index >= 15 is 0 Å². The summed E-state index contributed by atoms with van der Waals surface area (Å²) in [5.41, 5.74) is 0.892. The van der Waals surface area contributed by atoms with Crippen LogP contribution in [-0.2, 0) is 26.0 Å². The lowest BCUT2D eigenvalue weighted by molar-refractivity contribution is -0.133. The van der Waals surface area contributed by atoms with Crippen LogP contribution in [0.4, 0.5) is 0 Å². The molecule has 1 N–H and O–H groups in total. The van der Waals surface area contributed by atoms with Crippen LogP contribution in [0.25, 0.3) is 5.65 Å². The molecule has 0 spiro atoms. The third-order valence-corrected chi connectivity index (χ3v) is 6.42. The van der Waals surface area contributed by atoms with Crippen molar-refractivity contribution in [1.29, 1.82) is 0 Å². The molecule has 10 nitrogen and oxygen atoms in total. The first-order chi connectivity index (χ1) is 12.9. The molecule has 0 aliphatic carbocycles. The molecule has 1 atom stereocenters. The molecule has 2 aromatic heterocycles. The molecular weight excluding hydrogens is 372 g/mol. The van der Waals surface area contributed by atoms with Crippen molar-refractivity contribution in [2.24, 2.45) is 5.10 Å². The third kappa shape index (κ3) is 3.54. The summed E-state index contributed by atoms with van der Waals surface area (Å²) >= 11 is 0. The maximum Gasteiger partial charge on any atom is 0.267 e. The van der Waals surface area contributed by atoms with Crippen LogP contribution < -0.4 is 5.32 Å². The van der Waals surface area contributed by atoms with Gasteiger partial charge in [-0.1, -0.05) is 6.07 Å². The van der Waals surface area contributed by atoms with Crippen molar-refractivity contribution in [1.82, 2.24) is 24.9 Å². The molecular formula is C16H18N6O4S. The number of nitrogens with zero attached hydrogens (tertiary/aromatic N) is 5. The summed E-state index contributed by atoms with van der Waals surface area (Å²) in [6.45, 7) is 0.161. The smallest absolute Gasteiger partial charge is 0.267 e. The molecule has 0 bridgehead atoms. The fourth-order valence-electron chi connectivity index (χ4n) is 3.26. The van der Waals surface area contributed by atoms with Gasteiger partial charge in [0, 0.05) is 19.0 Å². The molecule has 2 aliphatic heterocycles. The number of carbonyl (C=O) groups is 2. The number of aromatic nitrogens is 3. The highest BCUT2D eigenvalue weighted by molar-refractivity contribution is 7.91. The van der Waals surface area contributed by atoms with E-state index in [4.69, 9.17) is 0 Å². The van der Waals surface area contributed by atoms with Crippen LogP contribution in [0.3, 0.4) is 0 Å². The van der Waals surface area contributed by atoms with Gasteiger partial charge in [0.05, 0.1) is 24.1 Å². The number of hydrazone groups is 1. The van der Waals surface area contributed by atoms with E-state index in [1.54, 1.807) is 10.6 Å². The first kappa shape index (κ1) is 17.6. The molecule has 0 aromatic carbocycles. The first-order valence-electron chi connectivity index (χ1n) is 8.60. The zero-order chi connectivity index (χ0) is 19.0. The van der Waals surface area contributed by atoms with Crippen molar-refractivity contribution >= 4 is 33.0 Å². The van der Waals surface area contributed by atoms with Crippen molar-refractivity contribution in [3.8, 4) is 0 Å². The van der Waals surface area contributed by atoms with Crippen LogP contribution in [-0.4, -0.2) is 63.1 Å². The van der Waals surface area contributed by atoms with Crippen molar-refractivity contribution < 1.29 is 18.0 Å². The van der Waals surface area contributed by atoms with E-state index in [0.717, 1.165) is 0 Å². The van der Waals surface area contributed by atoms with Gasteiger partial charge in [-0.15, -0.1) is 10.2 Å². The maximum absolute atomic E-state index is 12.5. The lowest BCUT2D eigenvalue weighted by Crippen LogP contribution is -2.43. The van der Waals surface area contributed by atoms with Gasteiger partial charge in [-0.2, -0.15) is 5.10 Å². The number of carbonyl (C=O) groups excluding carboxylic acids is 2. The summed E-state index contributed by atoms with van der Waals surface area (Å²) in [5, 5.41) is 16.1. The number of pyridine rings is 1. The monoisotopic (exact) mass is 390 g/mol. The first-order valence-corrected chi connectivity index (χ1v) is 10.4. The Morgan fingerprint density at radius 1 is 1.26 bits per heavy atom. The minimum atomic E-state index is -3.15. The molecule has 0 saturated carbocycles. The summed E-state index contributed by atoms with van der Waals surface area (Å²) in [6.07, 6.45) is 2.51. The Morgan fingerprint density at radius 2 is 2.11 bits per heavy atom. The Kier molecular flexibility index (Phi) is 4.38. The lowest BCUT2D eigenvalue weighted by atomic mass is 10.1. The maximum atomic E-state index is 12.5. The van der Waals surface area contributed by atoms with E-state index in [9.17, 15) is 18.0 Å². The van der Waals surface area contributed by atoms with Gasteiger partial charge in [-0.3, -0.25) is 14.0 Å². The fraction of sp³-hybridized carbons (Fsp3) is 0.438. The van der Waals surface area contributed by atoms with Crippen LogP contribution in [0.1, 0.15) is 25.1 Å². The standard InChI is InChI=1S/C16H18N6O4S/c23-15-5-4-12(20-22(15)11-6-8-27(25,26)10-11)16(24)17-9-14-19-18-13-3-1-2-7-21(13)14/h1-3,7,11H,4-6,8-10H2,(H,17,24)/t11-/m1/s1. The highest BCUT2D eigenvalue weighted by Gasteiger charge is 2.37. The molecule has 2 aliphatic rings. The van der Waals surface area contributed by atoms with Gasteiger partial charge >= 0.3 is 0 Å². The number of rotatable bonds is 4. The van der Waals surface area contributed by atoms with Crippen LogP contribution in [0.5, 0.6) is 0 Å². The third-order valence-electron chi connectivity index (χ3n) is 4.67. The number of fused-ring (bicyclic) bond motifs is 1. The highest BCUT2D eigenvalue weighted by atomic mass is 32.2. The zero-order valence-electron chi connectivity index (χ0n) is 14.4. The van der Waals surface area contributed by atoms with Gasteiger partial charge < -0.3 is 5.32 Å². The number of nitrogens with one attached hydrogen (secondary N) is 1. The van der Waals surface area contributed by atoms with E-state index in [0.29, 0.717) is 17.9 Å². The molecule has 4 heterocycles. The van der Waals surface area contributed by atoms with E-state index in [2.05, 4.69) is 20.6 Å². The van der Waals surface area contributed by atoms with Gasteiger partial charge in [0.2, 0.25) is 5.91 Å². The minimum absolute atomic E-state index is 0.0401. The summed E-state index contributed by atoms with van der Waals surface area (Å²) in [4.78, 5) is 24.6. The molecule has 0 radical (unpaired) electrons. The molecule has 27 heavy (non-hydrogen) atoms. The predicted molar refractivity (Wildman–Crippen MR) is 95.4 cm³/mol. The average Bonchev–Trinajstić information content (AvgIpc) is 3.23. The SMILES string of the molecule is O=C(NCc1nnc2ccccn12)C1=NN([C@@H]2CCS(=O)(=O)C2)C(=O)CC1. The molecule has 11 heteroatoms. The lowest BCUT2D eigenvalue weighted by Gasteiger charge is -2.27. The topological polar surface area (TPSA) is 126 Å². The Morgan fingerprint density at radius 3 is 2.89 bits per heavy atom. The normalized spacial score (nSPS) is 22.1. The second-order valence-electron chi connectivity index (χ2n) is 6.57. The summed E-state index contributed by atoms with van der Waals surface area (Å²) < 4.78 is 25.1. The Bertz CT molecular complexity index is 1040. The molecule has 142 valence electrons. The van der Waals surface area contributed by atoms with Crippen molar-refractivity contribution in [3.63, 3.8) is 0 Å². The van der Waals surface area contributed by atoms with E-state index in [1.165, 1.54) is 5.01 Å². The van der Waals surface area contributed by atoms with Crippen molar-refractivity contribution in [3.05, 3.63) is 30.2 Å². The van der Waals surface area contributed by atoms with Crippen LogP contribution in [0, 0.1) is 0 Å². The molecule has 4 rings (SSSR count). The van der Waals surface area contributed by atoms with E-state index in [-0.39, 0.29) is 42.5 Å². The molecule has 2 amide bonds. The van der Waals surface area contributed by atoms with Gasteiger partial charge in [0.15, 0.2) is 21.3 Å². The fourth-order valence-corrected chi connectivity index (χ4v) is 4.95. The molecule has 2 aromatic rings. The van der Waals surface area contributed by atoms with Crippen LogP contribution in [0.15, 0.2) is 29.5 Å². The number of hydrogen-bond donors (Lipinski definition) is 1. The van der Waals surface area contributed by atoms with Gasteiger partial charge in [-0.05, 0) is 18.6 Å².